The van der Waals surface area contributed by atoms with E-state index in [1.807, 2.05) is 0 Å². The lowest BCUT2D eigenvalue weighted by Crippen LogP contribution is -2.32. The van der Waals surface area contributed by atoms with Crippen LogP contribution in [0.25, 0.3) is 22.3 Å². The van der Waals surface area contributed by atoms with Crippen LogP contribution in [-0.4, -0.2) is 0 Å². The lowest BCUT2D eigenvalue weighted by Gasteiger charge is -2.39. The second-order valence-corrected chi connectivity index (χ2v) is 11.2. The number of benzene rings is 6. The Hall–Kier alpha value is -4.88. The number of ether oxygens (including phenoxy) is 1. The third-order valence-electron chi connectivity index (χ3n) is 9.06. The Morgan fingerprint density at radius 2 is 1.05 bits per heavy atom. The molecule has 41 heavy (non-hydrogen) atoms. The number of para-hydroxylation sites is 2. The van der Waals surface area contributed by atoms with Gasteiger partial charge < -0.3 is 4.74 Å². The monoisotopic (exact) mass is 526 g/mol. The molecule has 0 aromatic heterocycles. The van der Waals surface area contributed by atoms with Gasteiger partial charge in [-0.3, -0.25) is 0 Å². The minimum atomic E-state index is -0.441. The fraction of sp³-hybridized carbons (Fsp3) is 0.100. The molecule has 0 atom stereocenters. The van der Waals surface area contributed by atoms with E-state index in [1.54, 1.807) is 0 Å². The van der Waals surface area contributed by atoms with Crippen LogP contribution in [0.5, 0.6) is 11.5 Å². The molecule has 1 nitrogen and oxygen atoms in total. The molecule has 0 saturated heterocycles. The van der Waals surface area contributed by atoms with Crippen molar-refractivity contribution in [3.05, 3.63) is 178 Å². The second kappa shape index (κ2) is 9.35. The molecule has 8 rings (SSSR count). The maximum Gasteiger partial charge on any atom is 0.132 e. The molecule has 1 aliphatic carbocycles. The summed E-state index contributed by atoms with van der Waals surface area (Å²) in [6, 6.07) is 50.7. The maximum absolute atomic E-state index is 6.54. The van der Waals surface area contributed by atoms with Crippen molar-refractivity contribution in [1.29, 1.82) is 0 Å². The fourth-order valence-electron chi connectivity index (χ4n) is 7.32. The molecule has 0 amide bonds. The number of hydrogen-bond acceptors (Lipinski definition) is 1. The van der Waals surface area contributed by atoms with E-state index in [9.17, 15) is 0 Å². The summed E-state index contributed by atoms with van der Waals surface area (Å²) in [6.07, 6.45) is 1.95. The topological polar surface area (TPSA) is 9.23 Å². The first-order chi connectivity index (χ1) is 20.3. The van der Waals surface area contributed by atoms with Gasteiger partial charge in [-0.05, 0) is 82.0 Å². The highest BCUT2D eigenvalue weighted by Crippen LogP contribution is 2.63. The van der Waals surface area contributed by atoms with Crippen molar-refractivity contribution in [2.24, 2.45) is 0 Å². The Balaban J connectivity index is 1.47. The second-order valence-electron chi connectivity index (χ2n) is 11.2. The van der Waals surface area contributed by atoms with E-state index in [4.69, 9.17) is 4.74 Å². The minimum Gasteiger partial charge on any atom is -0.457 e. The van der Waals surface area contributed by atoms with Crippen molar-refractivity contribution in [2.45, 2.75) is 25.2 Å². The van der Waals surface area contributed by atoms with Crippen molar-refractivity contribution >= 4 is 0 Å². The van der Waals surface area contributed by atoms with Gasteiger partial charge in [0.05, 0.1) is 5.41 Å². The molecule has 0 saturated carbocycles. The van der Waals surface area contributed by atoms with E-state index < -0.39 is 5.41 Å². The molecular formula is C40H30O. The molecule has 0 radical (unpaired) electrons. The zero-order valence-corrected chi connectivity index (χ0v) is 23.1. The standard InChI is InChI=1S/C40H30O/c1-27-13-5-6-16-29(27)30-25-26-36-39(31(30)24-23-28-14-3-2-4-15-28)32-17-7-8-18-33(32)40(36)34-19-9-11-21-37(34)41-38-22-12-10-20-35(38)40/h2-22,25-26H,23-24H2,1H3. The molecule has 1 aliphatic heterocycles. The molecule has 0 N–H and O–H groups in total. The lowest BCUT2D eigenvalue weighted by atomic mass is 9.66. The Bertz CT molecular complexity index is 1890. The van der Waals surface area contributed by atoms with Crippen LogP contribution >= 0.6 is 0 Å². The van der Waals surface area contributed by atoms with Crippen LogP contribution in [0.2, 0.25) is 0 Å². The smallest absolute Gasteiger partial charge is 0.132 e. The molecule has 2 aliphatic rings. The van der Waals surface area contributed by atoms with E-state index in [0.717, 1.165) is 24.3 Å². The van der Waals surface area contributed by atoms with Gasteiger partial charge in [0.15, 0.2) is 0 Å². The molecule has 0 bridgehead atoms. The zero-order chi connectivity index (χ0) is 27.4. The van der Waals surface area contributed by atoms with Crippen LogP contribution in [0.1, 0.15) is 38.9 Å². The lowest BCUT2D eigenvalue weighted by molar-refractivity contribution is 0.436. The van der Waals surface area contributed by atoms with Crippen molar-refractivity contribution in [3.63, 3.8) is 0 Å². The van der Waals surface area contributed by atoms with Gasteiger partial charge in [0, 0.05) is 11.1 Å². The number of rotatable bonds is 4. The third-order valence-corrected chi connectivity index (χ3v) is 9.06. The quantitative estimate of drug-likeness (QED) is 0.222. The SMILES string of the molecule is Cc1ccccc1-c1ccc2c(c1CCc1ccccc1)-c1ccccc1C21c2ccccc2Oc2ccccc21. The van der Waals surface area contributed by atoms with E-state index in [1.165, 1.54) is 61.2 Å². The summed E-state index contributed by atoms with van der Waals surface area (Å²) in [4.78, 5) is 0. The highest BCUT2D eigenvalue weighted by atomic mass is 16.5. The molecule has 0 fully saturated rings. The first kappa shape index (κ1) is 24.0. The average Bonchev–Trinajstić information content (AvgIpc) is 3.32. The first-order valence-electron chi connectivity index (χ1n) is 14.5. The fourth-order valence-corrected chi connectivity index (χ4v) is 7.32. The molecule has 1 spiro atoms. The normalized spacial score (nSPS) is 13.6. The zero-order valence-electron chi connectivity index (χ0n) is 23.1. The highest BCUT2D eigenvalue weighted by Gasteiger charge is 2.51. The van der Waals surface area contributed by atoms with Crippen molar-refractivity contribution in [2.75, 3.05) is 0 Å². The predicted octanol–water partition coefficient (Wildman–Crippen LogP) is 9.92. The predicted molar refractivity (Wildman–Crippen MR) is 168 cm³/mol. The number of fused-ring (bicyclic) bond motifs is 9. The van der Waals surface area contributed by atoms with Gasteiger partial charge in [0.25, 0.3) is 0 Å². The summed E-state index contributed by atoms with van der Waals surface area (Å²) in [5.41, 5.74) is 14.1. The van der Waals surface area contributed by atoms with Crippen LogP contribution in [-0.2, 0) is 18.3 Å². The Morgan fingerprint density at radius 1 is 0.463 bits per heavy atom. The van der Waals surface area contributed by atoms with Crippen LogP contribution in [0.4, 0.5) is 0 Å². The van der Waals surface area contributed by atoms with Crippen LogP contribution < -0.4 is 4.74 Å². The molecular weight excluding hydrogens is 496 g/mol. The molecule has 0 unspecified atom stereocenters. The minimum absolute atomic E-state index is 0.441. The van der Waals surface area contributed by atoms with Gasteiger partial charge in [-0.1, -0.05) is 127 Å². The van der Waals surface area contributed by atoms with Crippen LogP contribution in [0.3, 0.4) is 0 Å². The summed E-state index contributed by atoms with van der Waals surface area (Å²) in [6.45, 7) is 2.23. The molecule has 196 valence electrons. The third kappa shape index (κ3) is 3.49. The molecule has 1 heterocycles. The Kier molecular flexibility index (Phi) is 5.47. The summed E-state index contributed by atoms with van der Waals surface area (Å²) in [5.74, 6) is 1.87. The van der Waals surface area contributed by atoms with Gasteiger partial charge in [-0.15, -0.1) is 0 Å². The van der Waals surface area contributed by atoms with E-state index in [-0.39, 0.29) is 0 Å². The van der Waals surface area contributed by atoms with Crippen LogP contribution in [0, 0.1) is 6.92 Å². The number of hydrogen-bond donors (Lipinski definition) is 0. The summed E-state index contributed by atoms with van der Waals surface area (Å²) >= 11 is 0. The molecule has 1 heteroatoms. The summed E-state index contributed by atoms with van der Waals surface area (Å²) in [5, 5.41) is 0. The van der Waals surface area contributed by atoms with Gasteiger partial charge in [-0.25, -0.2) is 0 Å². The summed E-state index contributed by atoms with van der Waals surface area (Å²) in [7, 11) is 0. The van der Waals surface area contributed by atoms with Gasteiger partial charge in [0.2, 0.25) is 0 Å². The molecule has 6 aromatic rings. The highest BCUT2D eigenvalue weighted by molar-refractivity contribution is 5.93. The van der Waals surface area contributed by atoms with Gasteiger partial charge in [0.1, 0.15) is 11.5 Å². The average molecular weight is 527 g/mol. The van der Waals surface area contributed by atoms with Crippen LogP contribution in [0.15, 0.2) is 140 Å². The number of aryl methyl sites for hydroxylation is 2. The van der Waals surface area contributed by atoms with Crippen molar-refractivity contribution in [3.8, 4) is 33.8 Å². The molecule has 6 aromatic carbocycles. The van der Waals surface area contributed by atoms with Crippen molar-refractivity contribution in [1.82, 2.24) is 0 Å². The largest absolute Gasteiger partial charge is 0.457 e. The first-order valence-corrected chi connectivity index (χ1v) is 14.5. The van der Waals surface area contributed by atoms with Crippen molar-refractivity contribution < 1.29 is 4.74 Å². The Labute approximate surface area is 241 Å². The van der Waals surface area contributed by atoms with E-state index >= 15 is 0 Å². The van der Waals surface area contributed by atoms with E-state index in [0.29, 0.717) is 0 Å². The Morgan fingerprint density at radius 3 is 1.76 bits per heavy atom. The van der Waals surface area contributed by atoms with Gasteiger partial charge in [-0.2, -0.15) is 0 Å². The van der Waals surface area contributed by atoms with Gasteiger partial charge >= 0.3 is 0 Å². The summed E-state index contributed by atoms with van der Waals surface area (Å²) < 4.78 is 6.54. The van der Waals surface area contributed by atoms with E-state index in [2.05, 4.69) is 146 Å². The maximum atomic E-state index is 6.54.